The van der Waals surface area contributed by atoms with Gasteiger partial charge in [0.25, 0.3) is 0 Å². The SMILES string of the molecule is CCCO[Si](C)(C)CCCNCC(=O)O[Si](C)(C)C. The van der Waals surface area contributed by atoms with Gasteiger partial charge in [0, 0.05) is 6.61 Å². The Morgan fingerprint density at radius 3 is 2.32 bits per heavy atom. The van der Waals surface area contributed by atoms with E-state index in [1.807, 2.05) is 19.6 Å². The highest BCUT2D eigenvalue weighted by Gasteiger charge is 2.21. The maximum Gasteiger partial charge on any atom is 0.306 e. The zero-order valence-corrected chi connectivity index (χ0v) is 15.5. The summed E-state index contributed by atoms with van der Waals surface area (Å²) in [6.45, 7) is 14.7. The van der Waals surface area contributed by atoms with E-state index in [-0.39, 0.29) is 5.97 Å². The van der Waals surface area contributed by atoms with Gasteiger partial charge in [-0.25, -0.2) is 0 Å². The standard InChI is InChI=1S/C13H31NO3Si2/c1-7-10-16-19(5,6)11-8-9-14-12-13(15)17-18(2,3)4/h14H,7-12H2,1-6H3. The summed E-state index contributed by atoms with van der Waals surface area (Å²) in [4.78, 5) is 11.5. The molecule has 0 atom stereocenters. The van der Waals surface area contributed by atoms with Gasteiger partial charge in [0.15, 0.2) is 8.32 Å². The Kier molecular flexibility index (Phi) is 8.81. The van der Waals surface area contributed by atoms with E-state index in [1.54, 1.807) is 0 Å². The molecular weight excluding hydrogens is 274 g/mol. The number of carbonyl (C=O) groups excluding carboxylic acids is 1. The number of carbonyl (C=O) groups is 1. The highest BCUT2D eigenvalue weighted by Crippen LogP contribution is 2.13. The van der Waals surface area contributed by atoms with Crippen LogP contribution in [0.25, 0.3) is 0 Å². The first-order chi connectivity index (χ1) is 8.66. The van der Waals surface area contributed by atoms with Crippen LogP contribution in [0.1, 0.15) is 19.8 Å². The quantitative estimate of drug-likeness (QED) is 0.498. The van der Waals surface area contributed by atoms with Gasteiger partial charge in [0.2, 0.25) is 8.32 Å². The lowest BCUT2D eigenvalue weighted by atomic mass is 10.5. The Labute approximate surface area is 120 Å². The number of rotatable bonds is 10. The third kappa shape index (κ3) is 12.6. The first-order valence-electron chi connectivity index (χ1n) is 7.23. The summed E-state index contributed by atoms with van der Waals surface area (Å²) in [6.07, 6.45) is 2.14. The first kappa shape index (κ1) is 18.8. The van der Waals surface area contributed by atoms with Crippen LogP contribution in [0.15, 0.2) is 0 Å². The van der Waals surface area contributed by atoms with Gasteiger partial charge in [-0.3, -0.25) is 4.79 Å². The lowest BCUT2D eigenvalue weighted by Crippen LogP contribution is -2.36. The van der Waals surface area contributed by atoms with Crippen molar-refractivity contribution in [1.29, 1.82) is 0 Å². The highest BCUT2D eigenvalue weighted by molar-refractivity contribution is 6.71. The van der Waals surface area contributed by atoms with Crippen LogP contribution in [-0.2, 0) is 13.6 Å². The summed E-state index contributed by atoms with van der Waals surface area (Å²) in [6, 6.07) is 1.13. The van der Waals surface area contributed by atoms with Crippen LogP contribution in [0.2, 0.25) is 38.8 Å². The summed E-state index contributed by atoms with van der Waals surface area (Å²) in [5.74, 6) is -0.127. The molecule has 1 N–H and O–H groups in total. The Bertz CT molecular complexity index is 265. The zero-order valence-electron chi connectivity index (χ0n) is 13.5. The minimum absolute atomic E-state index is 0.127. The van der Waals surface area contributed by atoms with E-state index in [4.69, 9.17) is 8.85 Å². The van der Waals surface area contributed by atoms with Crippen molar-refractivity contribution >= 4 is 22.6 Å². The van der Waals surface area contributed by atoms with E-state index >= 15 is 0 Å². The van der Waals surface area contributed by atoms with Gasteiger partial charge in [-0.15, -0.1) is 0 Å². The fourth-order valence-electron chi connectivity index (χ4n) is 1.66. The largest absolute Gasteiger partial charge is 0.519 e. The summed E-state index contributed by atoms with van der Waals surface area (Å²) in [5, 5.41) is 3.15. The fraction of sp³-hybridized carbons (Fsp3) is 0.923. The Balaban J connectivity index is 3.62. The zero-order chi connectivity index (χ0) is 14.9. The summed E-state index contributed by atoms with van der Waals surface area (Å²) in [5.41, 5.74) is 0. The van der Waals surface area contributed by atoms with E-state index < -0.39 is 16.6 Å². The van der Waals surface area contributed by atoms with Crippen LogP contribution >= 0.6 is 0 Å². The molecule has 0 heterocycles. The van der Waals surface area contributed by atoms with Crippen molar-refractivity contribution < 1.29 is 13.6 Å². The van der Waals surface area contributed by atoms with Gasteiger partial charge in [0.1, 0.15) is 0 Å². The number of nitrogens with one attached hydrogen (secondary N) is 1. The molecule has 0 amide bonds. The molecule has 0 bridgehead atoms. The van der Waals surface area contributed by atoms with Crippen molar-refractivity contribution in [3.63, 3.8) is 0 Å². The molecule has 6 heteroatoms. The molecule has 0 aliphatic rings. The van der Waals surface area contributed by atoms with Crippen LogP contribution in [-0.4, -0.2) is 42.3 Å². The predicted molar refractivity (Wildman–Crippen MR) is 85.5 cm³/mol. The maximum absolute atomic E-state index is 11.5. The van der Waals surface area contributed by atoms with Crippen LogP contribution < -0.4 is 5.32 Å². The molecule has 0 fully saturated rings. The molecule has 0 rings (SSSR count). The summed E-state index contributed by atoms with van der Waals surface area (Å²) < 4.78 is 11.3. The molecule has 0 aliphatic carbocycles. The molecule has 19 heavy (non-hydrogen) atoms. The third-order valence-corrected chi connectivity index (χ3v) is 5.90. The van der Waals surface area contributed by atoms with Crippen LogP contribution in [0.3, 0.4) is 0 Å². The highest BCUT2D eigenvalue weighted by atomic mass is 28.4. The predicted octanol–water partition coefficient (Wildman–Crippen LogP) is 2.98. The summed E-state index contributed by atoms with van der Waals surface area (Å²) >= 11 is 0. The molecule has 0 aromatic heterocycles. The molecule has 0 saturated heterocycles. The van der Waals surface area contributed by atoms with Crippen molar-refractivity contribution in [2.75, 3.05) is 19.7 Å². The lowest BCUT2D eigenvalue weighted by molar-refractivity contribution is -0.134. The first-order valence-corrected chi connectivity index (χ1v) is 13.8. The molecule has 0 aromatic carbocycles. The molecular formula is C13H31NO3Si2. The molecule has 4 nitrogen and oxygen atoms in total. The average molecular weight is 306 g/mol. The van der Waals surface area contributed by atoms with Crippen molar-refractivity contribution in [3.05, 3.63) is 0 Å². The monoisotopic (exact) mass is 305 g/mol. The average Bonchev–Trinajstić information content (AvgIpc) is 2.23. The van der Waals surface area contributed by atoms with E-state index in [0.717, 1.165) is 32.0 Å². The van der Waals surface area contributed by atoms with Gasteiger partial charge in [-0.1, -0.05) is 6.92 Å². The second-order valence-electron chi connectivity index (χ2n) is 6.47. The van der Waals surface area contributed by atoms with E-state index in [9.17, 15) is 4.79 Å². The van der Waals surface area contributed by atoms with Crippen molar-refractivity contribution in [2.24, 2.45) is 0 Å². The Morgan fingerprint density at radius 1 is 1.16 bits per heavy atom. The van der Waals surface area contributed by atoms with E-state index in [1.165, 1.54) is 0 Å². The van der Waals surface area contributed by atoms with Gasteiger partial charge < -0.3 is 14.2 Å². The third-order valence-electron chi connectivity index (χ3n) is 2.52. The molecule has 0 radical (unpaired) electrons. The Morgan fingerprint density at radius 2 is 1.79 bits per heavy atom. The van der Waals surface area contributed by atoms with Gasteiger partial charge in [-0.05, 0) is 58.2 Å². The smallest absolute Gasteiger partial charge is 0.306 e. The van der Waals surface area contributed by atoms with Crippen LogP contribution in [0, 0.1) is 0 Å². The van der Waals surface area contributed by atoms with Gasteiger partial charge >= 0.3 is 5.97 Å². The van der Waals surface area contributed by atoms with Gasteiger partial charge in [0.05, 0.1) is 6.54 Å². The maximum atomic E-state index is 11.5. The lowest BCUT2D eigenvalue weighted by Gasteiger charge is -2.22. The summed E-state index contributed by atoms with van der Waals surface area (Å²) in [7, 11) is -3.23. The Hall–Kier alpha value is -0.176. The minimum atomic E-state index is -1.74. The molecule has 0 unspecified atom stereocenters. The van der Waals surface area contributed by atoms with Gasteiger partial charge in [-0.2, -0.15) is 0 Å². The fourth-order valence-corrected chi connectivity index (χ4v) is 4.34. The van der Waals surface area contributed by atoms with E-state index in [0.29, 0.717) is 6.54 Å². The molecule has 114 valence electrons. The number of hydrogen-bond donors (Lipinski definition) is 1. The van der Waals surface area contributed by atoms with Crippen molar-refractivity contribution in [3.8, 4) is 0 Å². The van der Waals surface area contributed by atoms with E-state index in [2.05, 4.69) is 25.3 Å². The molecule has 0 aromatic rings. The van der Waals surface area contributed by atoms with Crippen molar-refractivity contribution in [2.45, 2.75) is 58.5 Å². The van der Waals surface area contributed by atoms with Crippen LogP contribution in [0.4, 0.5) is 0 Å². The second-order valence-corrected chi connectivity index (χ2v) is 15.2. The second kappa shape index (κ2) is 8.89. The minimum Gasteiger partial charge on any atom is -0.519 e. The molecule has 0 saturated carbocycles. The van der Waals surface area contributed by atoms with Crippen molar-refractivity contribution in [1.82, 2.24) is 5.32 Å². The molecule has 0 spiro atoms. The topological polar surface area (TPSA) is 47.6 Å². The molecule has 0 aliphatic heterocycles. The van der Waals surface area contributed by atoms with Crippen LogP contribution in [0.5, 0.6) is 0 Å². The normalized spacial score (nSPS) is 12.5. The number of hydrogen-bond acceptors (Lipinski definition) is 4.